The summed E-state index contributed by atoms with van der Waals surface area (Å²) in [6, 6.07) is 0. The van der Waals surface area contributed by atoms with E-state index < -0.39 is 30.1 Å². The van der Waals surface area contributed by atoms with Gasteiger partial charge in [0.25, 0.3) is 5.92 Å². The summed E-state index contributed by atoms with van der Waals surface area (Å²) < 4.78 is 62.1. The van der Waals surface area contributed by atoms with Crippen LogP contribution in [-0.4, -0.2) is 31.0 Å². The molecule has 1 aliphatic heterocycles. The summed E-state index contributed by atoms with van der Waals surface area (Å²) in [6.45, 7) is 2.27. The summed E-state index contributed by atoms with van der Waals surface area (Å²) in [6.07, 6.45) is -1.32. The normalized spacial score (nSPS) is 51.8. The van der Waals surface area contributed by atoms with E-state index in [0.29, 0.717) is 25.9 Å². The summed E-state index contributed by atoms with van der Waals surface area (Å²) in [5.41, 5.74) is 0. The predicted molar refractivity (Wildman–Crippen MR) is 67.2 cm³/mol. The van der Waals surface area contributed by atoms with Crippen molar-refractivity contribution in [3.05, 3.63) is 0 Å². The fourth-order valence-corrected chi connectivity index (χ4v) is 4.45. The first kappa shape index (κ1) is 14.6. The van der Waals surface area contributed by atoms with Crippen LogP contribution in [0.25, 0.3) is 0 Å². The van der Waals surface area contributed by atoms with Crippen LogP contribution in [-0.2, 0) is 4.74 Å². The lowest BCUT2D eigenvalue weighted by Crippen LogP contribution is -2.46. The molecule has 5 heteroatoms. The second-order valence-electron chi connectivity index (χ2n) is 6.82. The van der Waals surface area contributed by atoms with Gasteiger partial charge in [0.15, 0.2) is 0 Å². The third kappa shape index (κ3) is 2.26. The van der Waals surface area contributed by atoms with Gasteiger partial charge in [-0.05, 0) is 50.9 Å². The summed E-state index contributed by atoms with van der Waals surface area (Å²) in [4.78, 5) is 0. The molecule has 0 aromatic rings. The maximum Gasteiger partial charge on any atom is 0.257 e. The minimum Gasteiger partial charge on any atom is -0.378 e. The minimum absolute atomic E-state index is 0.0866. The Bertz CT molecular complexity index is 354. The summed E-state index contributed by atoms with van der Waals surface area (Å²) in [5, 5.41) is 0. The molecule has 7 unspecified atom stereocenters. The Kier molecular flexibility index (Phi) is 3.76. The SMILES string of the molecule is CC1CCC(C2CC3CCC(F)C(F)C3C2(F)F)CO1. The van der Waals surface area contributed by atoms with E-state index in [4.69, 9.17) is 4.74 Å². The molecule has 3 aliphatic rings. The van der Waals surface area contributed by atoms with E-state index in [1.165, 1.54) is 0 Å². The van der Waals surface area contributed by atoms with Crippen LogP contribution in [0, 0.1) is 23.7 Å². The molecule has 20 heavy (non-hydrogen) atoms. The highest BCUT2D eigenvalue weighted by Gasteiger charge is 2.64. The topological polar surface area (TPSA) is 9.23 Å². The molecule has 0 radical (unpaired) electrons. The standard InChI is InChI=1S/C15H22F4O/c1-8-2-3-10(7-20-8)11-6-9-4-5-12(16)14(17)13(9)15(11,18)19/h8-14H,2-7H2,1H3. The third-order valence-corrected chi connectivity index (χ3v) is 5.61. The number of ether oxygens (including phenoxy) is 1. The van der Waals surface area contributed by atoms with E-state index in [1.807, 2.05) is 6.92 Å². The average molecular weight is 294 g/mol. The van der Waals surface area contributed by atoms with Gasteiger partial charge in [-0.15, -0.1) is 0 Å². The molecule has 0 aromatic carbocycles. The molecule has 2 aliphatic carbocycles. The van der Waals surface area contributed by atoms with Gasteiger partial charge in [-0.1, -0.05) is 0 Å². The lowest BCUT2D eigenvalue weighted by molar-refractivity contribution is -0.150. The van der Waals surface area contributed by atoms with E-state index in [1.54, 1.807) is 0 Å². The van der Waals surface area contributed by atoms with Crippen molar-refractivity contribution in [2.75, 3.05) is 6.61 Å². The summed E-state index contributed by atoms with van der Waals surface area (Å²) in [7, 11) is 0. The highest BCUT2D eigenvalue weighted by molar-refractivity contribution is 5.05. The Hall–Kier alpha value is -0.320. The molecule has 0 aromatic heterocycles. The van der Waals surface area contributed by atoms with E-state index in [0.717, 1.165) is 6.42 Å². The fraction of sp³-hybridized carbons (Fsp3) is 1.00. The van der Waals surface area contributed by atoms with Crippen LogP contribution < -0.4 is 0 Å². The Morgan fingerprint density at radius 2 is 1.70 bits per heavy atom. The quantitative estimate of drug-likeness (QED) is 0.660. The summed E-state index contributed by atoms with van der Waals surface area (Å²) >= 11 is 0. The van der Waals surface area contributed by atoms with Gasteiger partial charge >= 0.3 is 0 Å². The van der Waals surface area contributed by atoms with Crippen molar-refractivity contribution in [1.29, 1.82) is 0 Å². The molecule has 3 rings (SSSR count). The zero-order chi connectivity index (χ0) is 14.5. The van der Waals surface area contributed by atoms with Crippen molar-refractivity contribution >= 4 is 0 Å². The highest BCUT2D eigenvalue weighted by Crippen LogP contribution is 2.58. The zero-order valence-corrected chi connectivity index (χ0v) is 11.7. The molecular weight excluding hydrogens is 272 g/mol. The van der Waals surface area contributed by atoms with E-state index in [2.05, 4.69) is 0 Å². The lowest BCUT2D eigenvalue weighted by Gasteiger charge is -2.37. The van der Waals surface area contributed by atoms with Gasteiger partial charge < -0.3 is 4.74 Å². The zero-order valence-electron chi connectivity index (χ0n) is 11.7. The van der Waals surface area contributed by atoms with Crippen molar-refractivity contribution in [3.63, 3.8) is 0 Å². The molecule has 3 fully saturated rings. The smallest absolute Gasteiger partial charge is 0.257 e. The Morgan fingerprint density at radius 3 is 2.35 bits per heavy atom. The number of halogens is 4. The van der Waals surface area contributed by atoms with Crippen molar-refractivity contribution in [3.8, 4) is 0 Å². The monoisotopic (exact) mass is 294 g/mol. The Balaban J connectivity index is 1.77. The number of hydrogen-bond acceptors (Lipinski definition) is 1. The molecule has 1 saturated heterocycles. The van der Waals surface area contributed by atoms with Gasteiger partial charge in [-0.25, -0.2) is 17.6 Å². The number of alkyl halides is 4. The molecule has 0 spiro atoms. The van der Waals surface area contributed by atoms with Gasteiger partial charge in [0.1, 0.15) is 12.3 Å². The highest BCUT2D eigenvalue weighted by atomic mass is 19.3. The van der Waals surface area contributed by atoms with Crippen LogP contribution in [0.15, 0.2) is 0 Å². The number of fused-ring (bicyclic) bond motifs is 1. The van der Waals surface area contributed by atoms with Gasteiger partial charge in [0, 0.05) is 5.92 Å². The van der Waals surface area contributed by atoms with Crippen molar-refractivity contribution in [2.24, 2.45) is 23.7 Å². The maximum absolute atomic E-state index is 14.6. The lowest BCUT2D eigenvalue weighted by atomic mass is 9.78. The first-order valence-electron chi connectivity index (χ1n) is 7.68. The van der Waals surface area contributed by atoms with Crippen LogP contribution in [0.1, 0.15) is 39.0 Å². The van der Waals surface area contributed by atoms with Crippen molar-refractivity contribution in [2.45, 2.75) is 63.4 Å². The molecule has 0 amide bonds. The van der Waals surface area contributed by atoms with Crippen LogP contribution in [0.5, 0.6) is 0 Å². The number of hydrogen-bond donors (Lipinski definition) is 0. The second kappa shape index (κ2) is 5.15. The van der Waals surface area contributed by atoms with Crippen LogP contribution in [0.2, 0.25) is 0 Å². The van der Waals surface area contributed by atoms with Crippen LogP contribution >= 0.6 is 0 Å². The third-order valence-electron chi connectivity index (χ3n) is 5.61. The Labute approximate surface area is 117 Å². The molecule has 1 heterocycles. The molecule has 7 atom stereocenters. The van der Waals surface area contributed by atoms with Gasteiger partial charge in [0.05, 0.1) is 18.6 Å². The molecule has 116 valence electrons. The first-order chi connectivity index (χ1) is 9.41. The molecule has 0 N–H and O–H groups in total. The van der Waals surface area contributed by atoms with Crippen molar-refractivity contribution in [1.82, 2.24) is 0 Å². The Morgan fingerprint density at radius 1 is 1.00 bits per heavy atom. The van der Waals surface area contributed by atoms with Crippen LogP contribution in [0.4, 0.5) is 17.6 Å². The fourth-order valence-electron chi connectivity index (χ4n) is 4.45. The second-order valence-corrected chi connectivity index (χ2v) is 6.82. The van der Waals surface area contributed by atoms with Gasteiger partial charge in [0.2, 0.25) is 0 Å². The van der Waals surface area contributed by atoms with Crippen LogP contribution in [0.3, 0.4) is 0 Å². The molecule has 0 bridgehead atoms. The van der Waals surface area contributed by atoms with Crippen molar-refractivity contribution < 1.29 is 22.3 Å². The molecule has 1 nitrogen and oxygen atoms in total. The maximum atomic E-state index is 14.6. The van der Waals surface area contributed by atoms with Gasteiger partial charge in [-0.2, -0.15) is 0 Å². The van der Waals surface area contributed by atoms with Gasteiger partial charge in [-0.3, -0.25) is 0 Å². The molecular formula is C15H22F4O. The summed E-state index contributed by atoms with van der Waals surface area (Å²) in [5.74, 6) is -5.93. The van der Waals surface area contributed by atoms with E-state index in [-0.39, 0.29) is 24.4 Å². The minimum atomic E-state index is -3.09. The van der Waals surface area contributed by atoms with E-state index >= 15 is 0 Å². The first-order valence-corrected chi connectivity index (χ1v) is 7.68. The predicted octanol–water partition coefficient (Wildman–Crippen LogP) is 4.16. The average Bonchev–Trinajstić information content (AvgIpc) is 2.67. The molecule has 2 saturated carbocycles. The largest absolute Gasteiger partial charge is 0.378 e. The number of rotatable bonds is 1. The van der Waals surface area contributed by atoms with E-state index in [9.17, 15) is 17.6 Å².